The van der Waals surface area contributed by atoms with Crippen LogP contribution in [0.4, 0.5) is 4.39 Å². The summed E-state index contributed by atoms with van der Waals surface area (Å²) < 4.78 is 20.2. The fraction of sp³-hybridized carbons (Fsp3) is 0.316. The average molecular weight is 315 g/mol. The van der Waals surface area contributed by atoms with Crippen molar-refractivity contribution in [3.63, 3.8) is 0 Å². The van der Waals surface area contributed by atoms with Gasteiger partial charge >= 0.3 is 0 Å². The number of hydrogen-bond donors (Lipinski definition) is 0. The zero-order valence-electron chi connectivity index (χ0n) is 13.7. The summed E-state index contributed by atoms with van der Waals surface area (Å²) in [5.74, 6) is -0.413. The van der Waals surface area contributed by atoms with Crippen molar-refractivity contribution in [1.82, 2.24) is 4.90 Å². The van der Waals surface area contributed by atoms with Gasteiger partial charge in [-0.2, -0.15) is 0 Å². The van der Waals surface area contributed by atoms with Crippen molar-refractivity contribution in [2.45, 2.75) is 18.6 Å². The highest BCUT2D eigenvalue weighted by molar-refractivity contribution is 5.68. The van der Waals surface area contributed by atoms with E-state index in [4.69, 9.17) is 4.74 Å². The monoisotopic (exact) mass is 315 g/mol. The van der Waals surface area contributed by atoms with Crippen LogP contribution in [0.1, 0.15) is 24.2 Å². The molecule has 0 bridgehead atoms. The number of likely N-dealkylation sites (N-methyl/N-ethyl adjacent to an activating group) is 1. The molecule has 0 heterocycles. The van der Waals surface area contributed by atoms with E-state index in [0.717, 1.165) is 11.8 Å². The largest absolute Gasteiger partial charge is 0.371 e. The molecule has 122 valence electrons. The molecule has 0 amide bonds. The van der Waals surface area contributed by atoms with Crippen LogP contribution in [0, 0.1) is 5.82 Å². The third-order valence-corrected chi connectivity index (χ3v) is 4.16. The van der Waals surface area contributed by atoms with Crippen molar-refractivity contribution in [3.8, 4) is 0 Å². The summed E-state index contributed by atoms with van der Waals surface area (Å²) in [7, 11) is 3.49. The lowest BCUT2D eigenvalue weighted by Crippen LogP contribution is -2.47. The van der Waals surface area contributed by atoms with Gasteiger partial charge in [-0.3, -0.25) is 4.90 Å². The molecule has 4 heteroatoms. The van der Waals surface area contributed by atoms with Gasteiger partial charge in [-0.05, 0) is 32.6 Å². The number of nitrogens with zero attached hydrogens (tertiary/aromatic N) is 1. The third-order valence-electron chi connectivity index (χ3n) is 4.16. The molecule has 0 fully saturated rings. The van der Waals surface area contributed by atoms with Crippen molar-refractivity contribution in [3.05, 3.63) is 71.5 Å². The maximum absolute atomic E-state index is 14.2. The molecule has 0 spiro atoms. The molecule has 0 saturated carbocycles. The Balaban J connectivity index is 2.27. The van der Waals surface area contributed by atoms with Gasteiger partial charge in [-0.25, -0.2) is 4.39 Å². The molecule has 3 nitrogen and oxygen atoms in total. The average Bonchev–Trinajstić information content (AvgIpc) is 2.57. The van der Waals surface area contributed by atoms with Crippen molar-refractivity contribution in [2.24, 2.45) is 0 Å². The van der Waals surface area contributed by atoms with Gasteiger partial charge in [0.1, 0.15) is 17.6 Å². The molecule has 0 aliphatic carbocycles. The predicted octanol–water partition coefficient (Wildman–Crippen LogP) is 3.56. The summed E-state index contributed by atoms with van der Waals surface area (Å²) in [6.07, 6.45) is 0.561. The van der Waals surface area contributed by atoms with Crippen LogP contribution in [0.15, 0.2) is 54.6 Å². The highest BCUT2D eigenvalue weighted by Gasteiger charge is 2.37. The summed E-state index contributed by atoms with van der Waals surface area (Å²) in [5, 5.41) is 0. The predicted molar refractivity (Wildman–Crippen MR) is 88.6 cm³/mol. The van der Waals surface area contributed by atoms with E-state index in [2.05, 4.69) is 0 Å². The second-order valence-electron chi connectivity index (χ2n) is 5.78. The topological polar surface area (TPSA) is 29.5 Å². The standard InChI is InChI=1S/C19H22FNO2/c1-15(16-9-5-4-6-10-16)23-14-19(13-22,21(2)3)17-11-7-8-12-18(17)20/h4-13,15H,14H2,1-3H3. The van der Waals surface area contributed by atoms with Crippen LogP contribution < -0.4 is 0 Å². The molecular weight excluding hydrogens is 293 g/mol. The summed E-state index contributed by atoms with van der Waals surface area (Å²) in [5.41, 5.74) is 0.175. The molecule has 0 saturated heterocycles. The molecule has 23 heavy (non-hydrogen) atoms. The molecule has 2 aromatic carbocycles. The maximum atomic E-state index is 14.2. The first-order valence-electron chi connectivity index (χ1n) is 7.56. The van der Waals surface area contributed by atoms with Crippen molar-refractivity contribution < 1.29 is 13.9 Å². The molecule has 0 aliphatic rings. The first-order valence-corrected chi connectivity index (χ1v) is 7.56. The lowest BCUT2D eigenvalue weighted by Gasteiger charge is -2.36. The van der Waals surface area contributed by atoms with Crippen LogP contribution in [0.2, 0.25) is 0 Å². The number of rotatable bonds is 7. The molecule has 0 radical (unpaired) electrons. The summed E-state index contributed by atoms with van der Waals surface area (Å²) in [6, 6.07) is 16.1. The van der Waals surface area contributed by atoms with Crippen molar-refractivity contribution in [2.75, 3.05) is 20.7 Å². The molecular formula is C19H22FNO2. The van der Waals surface area contributed by atoms with Crippen LogP contribution in [0.3, 0.4) is 0 Å². The molecule has 2 atom stereocenters. The lowest BCUT2D eigenvalue weighted by atomic mass is 9.90. The van der Waals surface area contributed by atoms with Crippen LogP contribution in [0.25, 0.3) is 0 Å². The molecule has 2 unspecified atom stereocenters. The minimum atomic E-state index is -1.16. The van der Waals surface area contributed by atoms with Crippen molar-refractivity contribution in [1.29, 1.82) is 0 Å². The Morgan fingerprint density at radius 1 is 1.13 bits per heavy atom. The van der Waals surface area contributed by atoms with Gasteiger partial charge in [0.05, 0.1) is 12.7 Å². The number of aldehydes is 1. The Hall–Kier alpha value is -2.04. The third kappa shape index (κ3) is 3.66. The first-order chi connectivity index (χ1) is 11.0. The van der Waals surface area contributed by atoms with Crippen LogP contribution in [0.5, 0.6) is 0 Å². The Labute approximate surface area is 136 Å². The maximum Gasteiger partial charge on any atom is 0.147 e. The molecule has 2 aromatic rings. The summed E-state index contributed by atoms with van der Waals surface area (Å²) in [4.78, 5) is 13.6. The van der Waals surface area contributed by atoms with Gasteiger partial charge in [0.2, 0.25) is 0 Å². The van der Waals surface area contributed by atoms with E-state index in [-0.39, 0.29) is 12.7 Å². The Morgan fingerprint density at radius 2 is 1.74 bits per heavy atom. The fourth-order valence-corrected chi connectivity index (χ4v) is 2.54. The number of benzene rings is 2. The van der Waals surface area contributed by atoms with E-state index < -0.39 is 11.4 Å². The Kier molecular flexibility index (Phi) is 5.64. The van der Waals surface area contributed by atoms with Gasteiger partial charge in [-0.1, -0.05) is 48.5 Å². The van der Waals surface area contributed by atoms with Crippen LogP contribution >= 0.6 is 0 Å². The SMILES string of the molecule is CC(OCC(C=O)(c1ccccc1F)N(C)C)c1ccccc1. The lowest BCUT2D eigenvalue weighted by molar-refractivity contribution is -0.124. The summed E-state index contributed by atoms with van der Waals surface area (Å²) >= 11 is 0. The van der Waals surface area contributed by atoms with Crippen LogP contribution in [-0.4, -0.2) is 31.9 Å². The van der Waals surface area contributed by atoms with Gasteiger partial charge in [0, 0.05) is 5.56 Å². The van der Waals surface area contributed by atoms with E-state index in [0.29, 0.717) is 5.56 Å². The zero-order chi connectivity index (χ0) is 16.9. The smallest absolute Gasteiger partial charge is 0.147 e. The van der Waals surface area contributed by atoms with E-state index in [1.165, 1.54) is 6.07 Å². The highest BCUT2D eigenvalue weighted by atomic mass is 19.1. The van der Waals surface area contributed by atoms with E-state index in [9.17, 15) is 9.18 Å². The minimum Gasteiger partial charge on any atom is -0.371 e. The number of carbonyl (C=O) groups excluding carboxylic acids is 1. The number of hydrogen-bond acceptors (Lipinski definition) is 3. The number of ether oxygens (including phenoxy) is 1. The minimum absolute atomic E-state index is 0.0699. The molecule has 0 aromatic heterocycles. The normalized spacial score (nSPS) is 15.2. The molecule has 2 rings (SSSR count). The molecule has 0 aliphatic heterocycles. The second kappa shape index (κ2) is 7.49. The van der Waals surface area contributed by atoms with E-state index >= 15 is 0 Å². The first kappa shape index (κ1) is 17.3. The van der Waals surface area contributed by atoms with Gasteiger partial charge in [0.15, 0.2) is 0 Å². The summed E-state index contributed by atoms with van der Waals surface area (Å²) in [6.45, 7) is 1.99. The highest BCUT2D eigenvalue weighted by Crippen LogP contribution is 2.29. The quantitative estimate of drug-likeness (QED) is 0.732. The van der Waals surface area contributed by atoms with Gasteiger partial charge in [0.25, 0.3) is 0 Å². The Morgan fingerprint density at radius 3 is 2.30 bits per heavy atom. The van der Waals surface area contributed by atoms with Gasteiger partial charge < -0.3 is 9.53 Å². The number of carbonyl (C=O) groups is 1. The van der Waals surface area contributed by atoms with E-state index in [1.807, 2.05) is 37.3 Å². The van der Waals surface area contributed by atoms with E-state index in [1.54, 1.807) is 37.2 Å². The van der Waals surface area contributed by atoms with Crippen LogP contribution in [-0.2, 0) is 15.1 Å². The fourth-order valence-electron chi connectivity index (χ4n) is 2.54. The molecule has 0 N–H and O–H groups in total. The van der Waals surface area contributed by atoms with Crippen molar-refractivity contribution >= 4 is 6.29 Å². The second-order valence-corrected chi connectivity index (χ2v) is 5.78. The van der Waals surface area contributed by atoms with Gasteiger partial charge in [-0.15, -0.1) is 0 Å². The Bertz CT molecular complexity index is 645. The number of halogens is 1. The zero-order valence-corrected chi connectivity index (χ0v) is 13.7.